The number of alkyl halides is 6. The van der Waals surface area contributed by atoms with Crippen LogP contribution in [0.3, 0.4) is 0 Å². The number of carboxylic acids is 1. The minimum Gasteiger partial charge on any atom is -0.475 e. The Morgan fingerprint density at radius 3 is 2.29 bits per heavy atom. The molecule has 1 aromatic heterocycles. The van der Waals surface area contributed by atoms with Gasteiger partial charge in [0, 0.05) is 31.3 Å². The van der Waals surface area contributed by atoms with Crippen molar-refractivity contribution >= 4 is 11.9 Å². The van der Waals surface area contributed by atoms with Crippen LogP contribution in [0.1, 0.15) is 21.6 Å². The number of ether oxygens (including phenoxy) is 1. The zero-order valence-corrected chi connectivity index (χ0v) is 17.0. The second-order valence-corrected chi connectivity index (χ2v) is 6.87. The van der Waals surface area contributed by atoms with Gasteiger partial charge in [0.15, 0.2) is 0 Å². The fourth-order valence-corrected chi connectivity index (χ4v) is 2.60. The van der Waals surface area contributed by atoms with Gasteiger partial charge in [0.1, 0.15) is 11.4 Å². The van der Waals surface area contributed by atoms with Gasteiger partial charge in [-0.1, -0.05) is 6.07 Å². The van der Waals surface area contributed by atoms with Crippen molar-refractivity contribution in [3.63, 3.8) is 0 Å². The summed E-state index contributed by atoms with van der Waals surface area (Å²) in [6, 6.07) is 10.3. The second-order valence-electron chi connectivity index (χ2n) is 6.87. The Morgan fingerprint density at radius 2 is 1.79 bits per heavy atom. The van der Waals surface area contributed by atoms with Gasteiger partial charge in [-0.05, 0) is 29.8 Å². The number of pyridine rings is 1. The minimum atomic E-state index is -5.08. The van der Waals surface area contributed by atoms with E-state index in [0.717, 1.165) is 6.07 Å². The minimum absolute atomic E-state index is 0.102. The van der Waals surface area contributed by atoms with Gasteiger partial charge in [0.2, 0.25) is 5.88 Å². The number of benzene rings is 1. The van der Waals surface area contributed by atoms with Crippen molar-refractivity contribution in [2.24, 2.45) is 11.7 Å². The average molecular weight is 490 g/mol. The Labute approximate surface area is 188 Å². The number of aliphatic carboxylic acids is 1. The Hall–Kier alpha value is -3.86. The molecule has 2 aromatic rings. The van der Waals surface area contributed by atoms with Crippen molar-refractivity contribution in [1.82, 2.24) is 9.88 Å². The molecule has 0 aliphatic carbocycles. The first-order chi connectivity index (χ1) is 15.7. The topological polar surface area (TPSA) is 130 Å². The van der Waals surface area contributed by atoms with Crippen molar-refractivity contribution < 1.29 is 45.8 Å². The van der Waals surface area contributed by atoms with E-state index in [1.807, 2.05) is 0 Å². The van der Waals surface area contributed by atoms with Gasteiger partial charge < -0.3 is 20.5 Å². The van der Waals surface area contributed by atoms with E-state index in [1.165, 1.54) is 23.1 Å². The van der Waals surface area contributed by atoms with Crippen LogP contribution in [0.15, 0.2) is 36.4 Å². The van der Waals surface area contributed by atoms with Crippen LogP contribution < -0.4 is 10.5 Å². The fourth-order valence-electron chi connectivity index (χ4n) is 2.60. The summed E-state index contributed by atoms with van der Waals surface area (Å²) < 4.78 is 76.0. The largest absolute Gasteiger partial charge is 0.490 e. The molecule has 0 spiro atoms. The van der Waals surface area contributed by atoms with Crippen LogP contribution in [0.4, 0.5) is 26.3 Å². The number of carbonyl (C=O) groups excluding carboxylic acids is 1. The lowest BCUT2D eigenvalue weighted by Gasteiger charge is -2.35. The van der Waals surface area contributed by atoms with Gasteiger partial charge in [0.25, 0.3) is 5.91 Å². The molecule has 0 atom stereocenters. The summed E-state index contributed by atoms with van der Waals surface area (Å²) in [5.74, 6) is -3.28. The molecular formula is C20H16F6N4O4. The third-order valence-electron chi connectivity index (χ3n) is 4.29. The molecule has 2 heterocycles. The molecule has 0 saturated carbocycles. The number of halogens is 6. The highest BCUT2D eigenvalue weighted by molar-refractivity contribution is 5.95. The first-order valence-electron chi connectivity index (χ1n) is 9.29. The number of nitrogens with two attached hydrogens (primary N) is 1. The predicted octanol–water partition coefficient (Wildman–Crippen LogP) is 3.58. The number of hydrogen-bond donors (Lipinski definition) is 2. The first kappa shape index (κ1) is 26.4. The van der Waals surface area contributed by atoms with Crippen LogP contribution in [-0.4, -0.2) is 46.1 Å². The lowest BCUT2D eigenvalue weighted by Crippen LogP contribution is -2.49. The lowest BCUT2D eigenvalue weighted by atomic mass is 10.0. The summed E-state index contributed by atoms with van der Waals surface area (Å²) in [5, 5.41) is 15.9. The second kappa shape index (κ2) is 10.4. The van der Waals surface area contributed by atoms with E-state index in [2.05, 4.69) is 11.1 Å². The quantitative estimate of drug-likeness (QED) is 0.627. The molecule has 34 heavy (non-hydrogen) atoms. The molecule has 1 fully saturated rings. The lowest BCUT2D eigenvalue weighted by molar-refractivity contribution is -0.192. The number of aromatic nitrogens is 1. The molecule has 3 rings (SSSR count). The number of hydrogen-bond acceptors (Lipinski definition) is 6. The van der Waals surface area contributed by atoms with E-state index in [0.29, 0.717) is 18.7 Å². The van der Waals surface area contributed by atoms with Crippen molar-refractivity contribution in [2.45, 2.75) is 18.9 Å². The SMILES string of the molecule is N#CC1CN(C(=O)c2cccc(Oc3cc(CN)cc(C(F)(F)F)n3)c2)C1.O=C(O)C(F)(F)F. The van der Waals surface area contributed by atoms with E-state index >= 15 is 0 Å². The average Bonchev–Trinajstić information content (AvgIpc) is 2.72. The zero-order valence-electron chi connectivity index (χ0n) is 17.0. The molecule has 182 valence electrons. The van der Waals surface area contributed by atoms with E-state index in [-0.39, 0.29) is 35.6 Å². The number of carboxylic acid groups (broad SMARTS) is 1. The molecular weight excluding hydrogens is 474 g/mol. The highest BCUT2D eigenvalue weighted by Gasteiger charge is 2.38. The molecule has 0 bridgehead atoms. The number of likely N-dealkylation sites (tertiary alicyclic amines) is 1. The summed E-state index contributed by atoms with van der Waals surface area (Å²) in [5.41, 5.74) is 4.88. The van der Waals surface area contributed by atoms with Gasteiger partial charge in [0.05, 0.1) is 12.0 Å². The third kappa shape index (κ3) is 7.07. The van der Waals surface area contributed by atoms with Crippen LogP contribution >= 0.6 is 0 Å². The fraction of sp³-hybridized carbons (Fsp3) is 0.300. The van der Waals surface area contributed by atoms with E-state index in [4.69, 9.17) is 25.6 Å². The van der Waals surface area contributed by atoms with Gasteiger partial charge in [-0.3, -0.25) is 4.79 Å². The zero-order chi connectivity index (χ0) is 25.7. The Morgan fingerprint density at radius 1 is 1.18 bits per heavy atom. The van der Waals surface area contributed by atoms with Gasteiger partial charge in [-0.2, -0.15) is 31.6 Å². The molecule has 1 aliphatic rings. The predicted molar refractivity (Wildman–Crippen MR) is 102 cm³/mol. The molecule has 1 aromatic carbocycles. The smallest absolute Gasteiger partial charge is 0.475 e. The third-order valence-corrected chi connectivity index (χ3v) is 4.29. The molecule has 3 N–H and O–H groups in total. The van der Waals surface area contributed by atoms with Crippen molar-refractivity contribution in [3.8, 4) is 17.7 Å². The number of amides is 1. The summed E-state index contributed by atoms with van der Waals surface area (Å²) >= 11 is 0. The number of nitrogens with zero attached hydrogens (tertiary/aromatic N) is 3. The first-order valence-corrected chi connectivity index (χ1v) is 9.29. The van der Waals surface area contributed by atoms with Crippen molar-refractivity contribution in [1.29, 1.82) is 5.26 Å². The highest BCUT2D eigenvalue weighted by atomic mass is 19.4. The number of rotatable bonds is 4. The molecule has 1 saturated heterocycles. The Kier molecular flexibility index (Phi) is 8.06. The molecule has 0 radical (unpaired) electrons. The van der Waals surface area contributed by atoms with Crippen molar-refractivity contribution in [2.75, 3.05) is 13.1 Å². The van der Waals surface area contributed by atoms with Crippen LogP contribution in [0.2, 0.25) is 0 Å². The maximum Gasteiger partial charge on any atom is 0.490 e. The highest BCUT2D eigenvalue weighted by Crippen LogP contribution is 2.31. The normalized spacial score (nSPS) is 13.8. The summed E-state index contributed by atoms with van der Waals surface area (Å²) in [7, 11) is 0. The summed E-state index contributed by atoms with van der Waals surface area (Å²) in [6.07, 6.45) is -9.71. The van der Waals surface area contributed by atoms with Gasteiger partial charge >= 0.3 is 18.3 Å². The van der Waals surface area contributed by atoms with E-state index in [9.17, 15) is 31.1 Å². The van der Waals surface area contributed by atoms with Crippen LogP contribution in [0.25, 0.3) is 0 Å². The van der Waals surface area contributed by atoms with Gasteiger partial charge in [-0.25, -0.2) is 9.78 Å². The maximum absolute atomic E-state index is 13.0. The number of nitriles is 1. The Bertz CT molecular complexity index is 1090. The van der Waals surface area contributed by atoms with E-state index in [1.54, 1.807) is 12.1 Å². The van der Waals surface area contributed by atoms with Crippen LogP contribution in [0.5, 0.6) is 11.6 Å². The summed E-state index contributed by atoms with van der Waals surface area (Å²) in [4.78, 5) is 26.2. The number of carbonyl (C=O) groups is 2. The standard InChI is InChI=1S/C18H15F3N4O2.C2HF3O2/c19-18(20,21)15-4-11(7-22)5-16(24-15)27-14-3-1-2-13(6-14)17(26)25-9-12(8-23)10-25;3-2(4,5)1(6)7/h1-6,12H,7,9-10,22H2;(H,6,7). The summed E-state index contributed by atoms with van der Waals surface area (Å²) in [6.45, 7) is 0.612. The van der Waals surface area contributed by atoms with Crippen molar-refractivity contribution in [3.05, 3.63) is 53.2 Å². The van der Waals surface area contributed by atoms with Gasteiger partial charge in [-0.15, -0.1) is 0 Å². The molecule has 1 aliphatic heterocycles. The molecule has 14 heteroatoms. The monoisotopic (exact) mass is 490 g/mol. The molecule has 1 amide bonds. The Balaban J connectivity index is 0.000000509. The maximum atomic E-state index is 13.0. The molecule has 0 unspecified atom stereocenters. The van der Waals surface area contributed by atoms with Crippen LogP contribution in [-0.2, 0) is 17.5 Å². The van der Waals surface area contributed by atoms with Crippen LogP contribution in [0, 0.1) is 17.2 Å². The molecule has 8 nitrogen and oxygen atoms in total. The van der Waals surface area contributed by atoms with E-state index < -0.39 is 24.0 Å².